The van der Waals surface area contributed by atoms with Crippen molar-refractivity contribution < 1.29 is 114 Å². The first kappa shape index (κ1) is 94.7. The molecule has 0 aliphatic carbocycles. The van der Waals surface area contributed by atoms with Gasteiger partial charge in [0.15, 0.2) is 28.7 Å². The second kappa shape index (κ2) is 55.8. The Labute approximate surface area is 648 Å². The van der Waals surface area contributed by atoms with E-state index in [1.54, 1.807) is 55.7 Å². The summed E-state index contributed by atoms with van der Waals surface area (Å²) >= 11 is 1.44. The molecule has 7 rings (SSSR count). The number of Topliss-reactive ketones (excluding diaryl/α,β-unsaturated/α-hetero) is 1. The molecule has 0 bridgehead atoms. The summed E-state index contributed by atoms with van der Waals surface area (Å²) in [5.41, 5.74) is -0.401. The van der Waals surface area contributed by atoms with E-state index in [-0.39, 0.29) is 31.2 Å². The topological polar surface area (TPSA) is 326 Å². The number of thioether (sulfide) groups is 1. The Morgan fingerprint density at radius 1 is 0.667 bits per heavy atom. The number of aliphatic hydroxyl groups excluding tert-OH is 1. The maximum absolute atomic E-state index is 12.4. The van der Waals surface area contributed by atoms with Crippen molar-refractivity contribution in [1.82, 2.24) is 25.2 Å². The van der Waals surface area contributed by atoms with Crippen LogP contribution in [0.4, 0.5) is 9.59 Å². The van der Waals surface area contributed by atoms with Gasteiger partial charge in [-0.3, -0.25) is 0 Å². The smallest absolute Gasteiger partial charge is 0.410 e. The van der Waals surface area contributed by atoms with Crippen LogP contribution in [0.2, 0.25) is 0 Å². The molecule has 5 aromatic rings. The van der Waals surface area contributed by atoms with Crippen LogP contribution < -0.4 is 33.7 Å². The second-order valence-electron chi connectivity index (χ2n) is 25.3. The highest BCUT2D eigenvalue weighted by molar-refractivity contribution is 8.77. The summed E-state index contributed by atoms with van der Waals surface area (Å²) < 4.78 is 93.6. The minimum absolute atomic E-state index is 0.000278. The summed E-state index contributed by atoms with van der Waals surface area (Å²) in [6, 6.07) is 24.2. The van der Waals surface area contributed by atoms with Crippen molar-refractivity contribution >= 4 is 80.0 Å². The van der Waals surface area contributed by atoms with Gasteiger partial charge in [-0.15, -0.1) is 5.10 Å². The number of rotatable bonds is 25. The Morgan fingerprint density at radius 3 is 1.69 bits per heavy atom. The number of ketones is 1. The van der Waals surface area contributed by atoms with Crippen LogP contribution >= 0.6 is 33.3 Å². The molecule has 2 N–H and O–H groups in total. The van der Waals surface area contributed by atoms with Crippen LogP contribution in [0.25, 0.3) is 10.8 Å². The van der Waals surface area contributed by atoms with Gasteiger partial charge in [-0.1, -0.05) is 75.7 Å². The molecular weight excluding hydrogens is 1460 g/mol. The number of aliphatic hydroxyl groups is 1. The molecule has 2 unspecified atom stereocenters. The number of benzene rings is 4. The minimum atomic E-state index is -0.682. The zero-order valence-electron chi connectivity index (χ0n) is 65.3. The molecule has 1 fully saturated rings. The summed E-state index contributed by atoms with van der Waals surface area (Å²) in [6.45, 7) is 23.6. The highest BCUT2D eigenvalue weighted by Gasteiger charge is 2.28. The lowest BCUT2D eigenvalue weighted by molar-refractivity contribution is -0.142. The average Bonchev–Trinajstić information content (AvgIpc) is 1.07. The molecule has 1 aromatic heterocycles. The predicted molar refractivity (Wildman–Crippen MR) is 415 cm³/mol. The molecule has 32 heteroatoms. The van der Waals surface area contributed by atoms with Gasteiger partial charge in [0.1, 0.15) is 74.2 Å². The maximum atomic E-state index is 12.4. The van der Waals surface area contributed by atoms with E-state index in [1.165, 1.54) is 60.5 Å². The SMILES string of the molecule is CC(=O)CCCCC1CCSS1.CCOC(=O)c1nnn(C)c1C(=O)OCC.CN(Cc1ccc2c(c1)OCCOCCOCCOc1ccccc1OCCOCCOCCO2)C(=O)OC(C)(C)C.COC(=O)C(CSC)NC(=O)OC(C)(C)C.COCCOc1cccc2c(OCCOCCO)cccc12. The van der Waals surface area contributed by atoms with Gasteiger partial charge < -0.3 is 101 Å². The van der Waals surface area contributed by atoms with E-state index in [4.69, 9.17) is 80.9 Å². The molecular formula is C76H115N5O24S3. The van der Waals surface area contributed by atoms with Gasteiger partial charge in [0.2, 0.25) is 5.69 Å². The standard InChI is InChI=1S/C31H45NO10.C17H22O5.C10H19NO4S.C9H13N3O4.C9H16OS2/c1-31(2,3)42-30(33)32(4)24-25-9-10-28-29(23-25)41-22-18-37-14-13-35-16-20-39-27-8-6-5-7-26(27)38-19-15-34-11-12-36-17-21-40-28;1-19-10-12-21-16-6-2-5-15-14(16)4-3-7-17(15)22-13-11-20-9-8-18;1-10(2,3)15-9(13)11-7(6-16-5)8(12)14-4;1-4-15-8(13)6-7(9(14)16-5-2)12(3)11-10-6;1-8(10)4-2-3-5-9-6-7-11-12-9/h5-10,23H,11-22,24H2,1-4H3;2-7,18H,8-13H2,1H3;7H,6H2,1-5H3,(H,11,13);4-5H2,1-3H3;9H,2-7H2,1H3. The van der Waals surface area contributed by atoms with Gasteiger partial charge in [0.25, 0.3) is 0 Å². The number of hydrogen-bond donors (Lipinski definition) is 2. The molecule has 0 spiro atoms. The molecule has 606 valence electrons. The number of methoxy groups -OCH3 is 2. The van der Waals surface area contributed by atoms with Crippen molar-refractivity contribution in [2.24, 2.45) is 7.05 Å². The van der Waals surface area contributed by atoms with E-state index in [0.29, 0.717) is 153 Å². The molecule has 29 nitrogen and oxygen atoms in total. The van der Waals surface area contributed by atoms with Crippen LogP contribution in [0.15, 0.2) is 78.9 Å². The lowest BCUT2D eigenvalue weighted by Crippen LogP contribution is -2.45. The summed E-state index contributed by atoms with van der Waals surface area (Å²) in [4.78, 5) is 70.2. The van der Waals surface area contributed by atoms with Gasteiger partial charge >= 0.3 is 30.1 Å². The first-order chi connectivity index (χ1) is 51.9. The third kappa shape index (κ3) is 41.3. The fourth-order valence-corrected chi connectivity index (χ4v) is 12.8. The second-order valence-corrected chi connectivity index (χ2v) is 29.0. The fourth-order valence-electron chi connectivity index (χ4n) is 9.21. The molecule has 1 saturated heterocycles. The van der Waals surface area contributed by atoms with Crippen molar-refractivity contribution in [2.75, 3.05) is 171 Å². The number of ether oxygens (including phenoxy) is 17. The number of carbonyl (C=O) groups is 6. The van der Waals surface area contributed by atoms with Crippen molar-refractivity contribution in [2.45, 2.75) is 123 Å². The van der Waals surface area contributed by atoms with E-state index >= 15 is 0 Å². The van der Waals surface area contributed by atoms with Crippen LogP contribution in [0.1, 0.15) is 121 Å². The van der Waals surface area contributed by atoms with Gasteiger partial charge in [-0.2, -0.15) is 11.8 Å². The molecule has 0 saturated carbocycles. The third-order valence-corrected chi connectivity index (χ3v) is 17.8. The molecule has 0 radical (unpaired) electrons. The number of para-hydroxylation sites is 2. The first-order valence-corrected chi connectivity index (χ1v) is 39.7. The number of fused-ring (bicyclic) bond motifs is 3. The van der Waals surface area contributed by atoms with Crippen LogP contribution in [0.3, 0.4) is 0 Å². The van der Waals surface area contributed by atoms with Gasteiger partial charge in [-0.05, 0) is 130 Å². The van der Waals surface area contributed by atoms with E-state index in [9.17, 15) is 28.8 Å². The average molecular weight is 1580 g/mol. The Balaban J connectivity index is 0.000000384. The number of esters is 3. The number of nitrogens with one attached hydrogen (secondary N) is 1. The van der Waals surface area contributed by atoms with Gasteiger partial charge in [-0.25, -0.2) is 28.7 Å². The first-order valence-electron chi connectivity index (χ1n) is 35.9. The Kier molecular flexibility index (Phi) is 48.9. The van der Waals surface area contributed by atoms with Gasteiger partial charge in [0, 0.05) is 61.7 Å². The van der Waals surface area contributed by atoms with Crippen molar-refractivity contribution in [1.29, 1.82) is 0 Å². The molecule has 3 heterocycles. The summed E-state index contributed by atoms with van der Waals surface area (Å²) in [5.74, 6) is 4.38. The number of aromatic nitrogens is 3. The Hall–Kier alpha value is -7.53. The normalized spacial score (nSPS) is 14.7. The zero-order chi connectivity index (χ0) is 79.4. The zero-order valence-corrected chi connectivity index (χ0v) is 67.8. The fraction of sp³-hybridized carbons (Fsp3) is 0.605. The number of amides is 2. The predicted octanol–water partition coefficient (Wildman–Crippen LogP) is 11.5. The van der Waals surface area contributed by atoms with Crippen LogP contribution in [-0.2, 0) is 75.3 Å². The Bertz CT molecular complexity index is 3350. The number of nitrogens with zero attached hydrogens (tertiary/aromatic N) is 4. The number of unbranched alkanes of at least 4 members (excludes halogenated alkanes) is 1. The molecule has 2 aliphatic heterocycles. The van der Waals surface area contributed by atoms with Crippen molar-refractivity contribution in [3.05, 3.63) is 95.8 Å². The van der Waals surface area contributed by atoms with E-state index < -0.39 is 47.3 Å². The highest BCUT2D eigenvalue weighted by Crippen LogP contribution is 2.40. The molecule has 4 aromatic carbocycles. The minimum Gasteiger partial charge on any atom is -0.491 e. The number of carbonyl (C=O) groups excluding carboxylic acids is 6. The lowest BCUT2D eigenvalue weighted by atomic mass is 10.1. The third-order valence-electron chi connectivity index (χ3n) is 14.1. The van der Waals surface area contributed by atoms with Crippen LogP contribution in [0.5, 0.6) is 34.5 Å². The number of aryl methyl sites for hydroxylation is 1. The van der Waals surface area contributed by atoms with E-state index in [2.05, 4.69) is 20.4 Å². The van der Waals surface area contributed by atoms with Crippen LogP contribution in [-0.4, -0.2) is 255 Å². The highest BCUT2D eigenvalue weighted by atomic mass is 33.1. The van der Waals surface area contributed by atoms with E-state index in [1.807, 2.05) is 127 Å². The quantitative estimate of drug-likeness (QED) is 0.0237. The number of hydrogen-bond acceptors (Lipinski definition) is 29. The molecule has 2 amide bonds. The Morgan fingerprint density at radius 2 is 1.19 bits per heavy atom. The lowest BCUT2D eigenvalue weighted by Gasteiger charge is -2.25. The maximum Gasteiger partial charge on any atom is 0.410 e. The van der Waals surface area contributed by atoms with Crippen molar-refractivity contribution in [3.8, 4) is 34.5 Å². The van der Waals surface area contributed by atoms with Crippen LogP contribution in [0, 0.1) is 0 Å². The monoisotopic (exact) mass is 1580 g/mol. The van der Waals surface area contributed by atoms with E-state index in [0.717, 1.165) is 45.9 Å². The van der Waals surface area contributed by atoms with Crippen molar-refractivity contribution in [3.63, 3.8) is 0 Å². The largest absolute Gasteiger partial charge is 0.491 e. The summed E-state index contributed by atoms with van der Waals surface area (Å²) in [5, 5.41) is 21.2. The molecule has 2 atom stereocenters. The summed E-state index contributed by atoms with van der Waals surface area (Å²) in [6.07, 6.45) is 6.62. The number of alkyl carbamates (subject to hydrolysis) is 1. The van der Waals surface area contributed by atoms with Gasteiger partial charge in [0.05, 0.1) is 99.6 Å². The molecule has 108 heavy (non-hydrogen) atoms. The molecule has 2 aliphatic rings. The summed E-state index contributed by atoms with van der Waals surface area (Å²) in [7, 11) is 10.2.